The molecule has 0 unspecified atom stereocenters. The third-order valence-corrected chi connectivity index (χ3v) is 13.4. The molecule has 0 saturated carbocycles. The van der Waals surface area contributed by atoms with Gasteiger partial charge >= 0.3 is 5.97 Å². The average molecular weight is 1090 g/mol. The Morgan fingerprint density at radius 2 is 1.47 bits per heavy atom. The number of aryl methyl sites for hydroxylation is 1. The molecule has 0 spiro atoms. The fourth-order valence-electron chi connectivity index (χ4n) is 9.39. The Labute approximate surface area is 447 Å². The first kappa shape index (κ1) is 58.4. The van der Waals surface area contributed by atoms with Gasteiger partial charge in [0.25, 0.3) is 5.56 Å². The quantitative estimate of drug-likeness (QED) is 0.0159. The standard InChI is InChI=1S/C53H66FN9O15/c1-3-53(72)36-22-41-49-34(27-63(41)51(70)35(36)28-78-52(53)71)48-38(10-9-33-31(2)37(54)23-39(62-49)47(33)48)60-46(68)29-77-30-59-44(66)25-58-50(69)40(21-32-7-5-4-6-8-32)61-45(67)26-57-43(65)24-56-42(64)11-13-73-15-17-75-19-20-76-18-16-74-14-12-55/h4-8,22-23,38,40,72H,3,9-21,24-30,55H2,1-2H3,(H,56,64)(H,57,65)(H,58,69)(H,59,66)(H,60,68)(H,61,67)/t38-,40-,53-/m0/s1. The third kappa shape index (κ3) is 14.6. The zero-order valence-electron chi connectivity index (χ0n) is 43.6. The van der Waals surface area contributed by atoms with Gasteiger partial charge in [-0.2, -0.15) is 0 Å². The number of aromatic nitrogens is 2. The first-order valence-electron chi connectivity index (χ1n) is 25.7. The summed E-state index contributed by atoms with van der Waals surface area (Å²) in [6, 6.07) is 9.88. The molecule has 7 rings (SSSR count). The normalized spacial score (nSPS) is 16.3. The summed E-state index contributed by atoms with van der Waals surface area (Å²) in [5, 5.41) is 27.4. The second kappa shape index (κ2) is 27.9. The van der Waals surface area contributed by atoms with Crippen LogP contribution in [0.4, 0.5) is 4.39 Å². The number of aliphatic hydroxyl groups is 1. The van der Waals surface area contributed by atoms with Gasteiger partial charge in [0.1, 0.15) is 31.8 Å². The number of carbonyl (C=O) groups excluding carboxylic acids is 7. The van der Waals surface area contributed by atoms with Crippen LogP contribution in [0, 0.1) is 12.7 Å². The summed E-state index contributed by atoms with van der Waals surface area (Å²) in [7, 11) is 0. The summed E-state index contributed by atoms with van der Waals surface area (Å²) in [4.78, 5) is 109. The number of rotatable bonds is 30. The molecule has 1 aliphatic carbocycles. The number of pyridine rings is 2. The van der Waals surface area contributed by atoms with Gasteiger partial charge in [0.2, 0.25) is 35.4 Å². The first-order chi connectivity index (χ1) is 37.6. The van der Waals surface area contributed by atoms with Gasteiger partial charge in [0.05, 0.1) is 108 Å². The number of amides is 6. The van der Waals surface area contributed by atoms with E-state index in [4.69, 9.17) is 39.1 Å². The number of nitrogens with one attached hydrogen (secondary N) is 6. The number of nitrogens with zero attached hydrogens (tertiary/aromatic N) is 2. The molecule has 6 amide bonds. The average Bonchev–Trinajstić information content (AvgIpc) is 4.00. The van der Waals surface area contributed by atoms with E-state index in [2.05, 4.69) is 31.9 Å². The number of cyclic esters (lactones) is 1. The molecule has 2 aromatic carbocycles. The molecule has 24 nitrogen and oxygen atoms in total. The predicted molar refractivity (Wildman–Crippen MR) is 275 cm³/mol. The SMILES string of the molecule is CC[C@@]1(O)C(=O)OCc2c1cc1n(c2=O)Cc2c-1nc1cc(F)c(C)c3c1c2[C@@H](NC(=O)COCNC(=O)CNC(=O)[C@H](Cc1ccccc1)NC(=O)CNC(=O)CNC(=O)CCOCCOCCOCCOCCN)CC3. The molecule has 0 bridgehead atoms. The van der Waals surface area contributed by atoms with Crippen LogP contribution >= 0.6 is 0 Å². The van der Waals surface area contributed by atoms with Crippen LogP contribution in [0.25, 0.3) is 22.3 Å². The van der Waals surface area contributed by atoms with Gasteiger partial charge in [-0.25, -0.2) is 14.2 Å². The summed E-state index contributed by atoms with van der Waals surface area (Å²) in [6.07, 6.45) is 0.753. The van der Waals surface area contributed by atoms with Crippen molar-refractivity contribution >= 4 is 52.3 Å². The van der Waals surface area contributed by atoms with Crippen molar-refractivity contribution in [3.05, 3.63) is 97.6 Å². The van der Waals surface area contributed by atoms with E-state index in [9.17, 15) is 43.5 Å². The topological polar surface area (TPSA) is 328 Å². The van der Waals surface area contributed by atoms with E-state index in [1.807, 2.05) is 0 Å². The molecule has 0 fully saturated rings. The Hall–Kier alpha value is -7.26. The highest BCUT2D eigenvalue weighted by molar-refractivity contribution is 5.95. The third-order valence-electron chi connectivity index (χ3n) is 13.4. The van der Waals surface area contributed by atoms with E-state index >= 15 is 4.39 Å². The Bertz CT molecular complexity index is 2920. The second-order valence-electron chi connectivity index (χ2n) is 18.6. The summed E-state index contributed by atoms with van der Waals surface area (Å²) >= 11 is 0. The molecule has 78 heavy (non-hydrogen) atoms. The zero-order chi connectivity index (χ0) is 55.8. The van der Waals surface area contributed by atoms with Gasteiger partial charge in [0, 0.05) is 42.0 Å². The maximum Gasteiger partial charge on any atom is 0.343 e. The van der Waals surface area contributed by atoms with Crippen molar-refractivity contribution < 1.29 is 71.5 Å². The molecular weight excluding hydrogens is 1020 g/mol. The number of ether oxygens (including phenoxy) is 6. The van der Waals surface area contributed by atoms with Crippen LogP contribution in [-0.2, 0) is 93.6 Å². The molecule has 420 valence electrons. The Morgan fingerprint density at radius 1 is 0.821 bits per heavy atom. The highest BCUT2D eigenvalue weighted by Crippen LogP contribution is 2.46. The maximum atomic E-state index is 15.4. The molecule has 0 radical (unpaired) electrons. The number of hydrogen-bond acceptors (Lipinski definition) is 17. The number of esters is 1. The van der Waals surface area contributed by atoms with Crippen molar-refractivity contribution in [1.29, 1.82) is 0 Å². The molecule has 9 N–H and O–H groups in total. The second-order valence-corrected chi connectivity index (χ2v) is 18.6. The minimum Gasteiger partial charge on any atom is -0.458 e. The lowest BCUT2D eigenvalue weighted by atomic mass is 9.81. The van der Waals surface area contributed by atoms with Gasteiger partial charge in [-0.15, -0.1) is 0 Å². The Kier molecular flexibility index (Phi) is 20.9. The lowest BCUT2D eigenvalue weighted by Crippen LogP contribution is -2.52. The van der Waals surface area contributed by atoms with Crippen LogP contribution in [0.15, 0.2) is 47.3 Å². The van der Waals surface area contributed by atoms with Gasteiger partial charge in [-0.1, -0.05) is 37.3 Å². The molecule has 4 aromatic rings. The van der Waals surface area contributed by atoms with Gasteiger partial charge in [-0.3, -0.25) is 33.6 Å². The van der Waals surface area contributed by atoms with Crippen LogP contribution < -0.4 is 43.2 Å². The minimum absolute atomic E-state index is 0.0132. The van der Waals surface area contributed by atoms with Crippen molar-refractivity contribution in [2.24, 2.45) is 5.73 Å². The summed E-state index contributed by atoms with van der Waals surface area (Å²) in [5.41, 5.74) is 7.22. The van der Waals surface area contributed by atoms with Crippen molar-refractivity contribution in [2.75, 3.05) is 92.4 Å². The molecule has 2 aliphatic heterocycles. The molecule has 3 atom stereocenters. The van der Waals surface area contributed by atoms with E-state index in [0.717, 1.165) is 5.56 Å². The van der Waals surface area contributed by atoms with Crippen LogP contribution in [0.3, 0.4) is 0 Å². The van der Waals surface area contributed by atoms with Gasteiger partial charge < -0.3 is 75.7 Å². The summed E-state index contributed by atoms with van der Waals surface area (Å²) in [6.45, 7) is 3.90. The molecule has 25 heteroatoms. The van der Waals surface area contributed by atoms with Crippen LogP contribution in [0.1, 0.15) is 71.2 Å². The molecule has 3 aliphatic rings. The number of halogens is 1. The highest BCUT2D eigenvalue weighted by Gasteiger charge is 2.46. The minimum atomic E-state index is -2.05. The Balaban J connectivity index is 0.844. The van der Waals surface area contributed by atoms with Crippen LogP contribution in [0.2, 0.25) is 0 Å². The van der Waals surface area contributed by atoms with Crippen LogP contribution in [0.5, 0.6) is 0 Å². The largest absolute Gasteiger partial charge is 0.458 e. The number of hydrogen-bond donors (Lipinski definition) is 8. The zero-order valence-corrected chi connectivity index (χ0v) is 43.6. The number of carbonyl (C=O) groups is 7. The van der Waals surface area contributed by atoms with Crippen molar-refractivity contribution in [3.63, 3.8) is 0 Å². The van der Waals surface area contributed by atoms with E-state index in [1.165, 1.54) is 10.6 Å². The lowest BCUT2D eigenvalue weighted by molar-refractivity contribution is -0.172. The lowest BCUT2D eigenvalue weighted by Gasteiger charge is -2.31. The molecular formula is C53H66FN9O15. The smallest absolute Gasteiger partial charge is 0.343 e. The van der Waals surface area contributed by atoms with Crippen molar-refractivity contribution in [2.45, 2.75) is 76.8 Å². The molecule has 4 heterocycles. The summed E-state index contributed by atoms with van der Waals surface area (Å²) in [5.74, 6) is -5.06. The van der Waals surface area contributed by atoms with Gasteiger partial charge in [0.15, 0.2) is 5.60 Å². The molecule has 2 aromatic heterocycles. The van der Waals surface area contributed by atoms with Crippen molar-refractivity contribution in [1.82, 2.24) is 41.5 Å². The van der Waals surface area contributed by atoms with E-state index in [0.29, 0.717) is 104 Å². The molecule has 0 saturated heterocycles. The highest BCUT2D eigenvalue weighted by atomic mass is 19.1. The van der Waals surface area contributed by atoms with E-state index in [-0.39, 0.29) is 56.8 Å². The monoisotopic (exact) mass is 1090 g/mol. The number of fused-ring (bicyclic) bond motifs is 5. The van der Waals surface area contributed by atoms with Gasteiger partial charge in [-0.05, 0) is 54.5 Å². The predicted octanol–water partition coefficient (Wildman–Crippen LogP) is -0.788. The van der Waals surface area contributed by atoms with E-state index < -0.39 is 103 Å². The van der Waals surface area contributed by atoms with Crippen LogP contribution in [-0.4, -0.2) is 154 Å². The van der Waals surface area contributed by atoms with E-state index in [1.54, 1.807) is 50.2 Å². The fourth-order valence-corrected chi connectivity index (χ4v) is 9.39. The Morgan fingerprint density at radius 3 is 2.18 bits per heavy atom. The summed E-state index contributed by atoms with van der Waals surface area (Å²) < 4.78 is 48.9. The first-order valence-corrected chi connectivity index (χ1v) is 25.7. The fraction of sp³-hybridized carbons (Fsp3) is 0.491. The maximum absolute atomic E-state index is 15.4. The number of benzene rings is 2. The van der Waals surface area contributed by atoms with Crippen molar-refractivity contribution in [3.8, 4) is 11.4 Å². The number of nitrogens with two attached hydrogens (primary N) is 1.